The summed E-state index contributed by atoms with van der Waals surface area (Å²) in [7, 11) is 0. The molecule has 0 saturated heterocycles. The summed E-state index contributed by atoms with van der Waals surface area (Å²) in [6.45, 7) is 9.31. The fraction of sp³-hybridized carbons (Fsp3) is 0.920. The standard InChI is InChI=1S/C25H40O2/c1-16(5-6-17(2)26)21-9-10-22-20-8-7-18-15-19(27)11-13-24(18,3)23(20)12-14-25(21,22)4/h16,18,20-23H,5-15H2,1-4H3/t16?,18-,20?,21?,22?,23?,24+,25?/m1/s1. The summed E-state index contributed by atoms with van der Waals surface area (Å²) in [5.74, 6) is 5.66. The molecule has 6 unspecified atom stereocenters. The van der Waals surface area contributed by atoms with Gasteiger partial charge in [-0.25, -0.2) is 0 Å². The highest BCUT2D eigenvalue weighted by Gasteiger charge is 2.60. The first-order chi connectivity index (χ1) is 12.8. The molecule has 27 heavy (non-hydrogen) atoms. The van der Waals surface area contributed by atoms with E-state index in [4.69, 9.17) is 0 Å². The minimum absolute atomic E-state index is 0.350. The quantitative estimate of drug-likeness (QED) is 0.587. The molecule has 0 radical (unpaired) electrons. The number of fused-ring (bicyclic) bond motifs is 5. The summed E-state index contributed by atoms with van der Waals surface area (Å²) in [5, 5.41) is 0. The molecule has 4 rings (SSSR count). The Bertz CT molecular complexity index is 609. The molecule has 0 amide bonds. The van der Waals surface area contributed by atoms with E-state index >= 15 is 0 Å². The van der Waals surface area contributed by atoms with Crippen molar-refractivity contribution in [1.82, 2.24) is 0 Å². The van der Waals surface area contributed by atoms with Crippen LogP contribution in [0.1, 0.15) is 98.3 Å². The highest BCUT2D eigenvalue weighted by molar-refractivity contribution is 5.79. The highest BCUT2D eigenvalue weighted by atomic mass is 16.1. The maximum Gasteiger partial charge on any atom is 0.133 e. The molecule has 0 bridgehead atoms. The van der Waals surface area contributed by atoms with Crippen LogP contribution in [0.2, 0.25) is 0 Å². The van der Waals surface area contributed by atoms with Crippen LogP contribution in [0.25, 0.3) is 0 Å². The molecule has 4 aliphatic rings. The minimum Gasteiger partial charge on any atom is -0.300 e. The lowest BCUT2D eigenvalue weighted by Crippen LogP contribution is -2.53. The number of carbonyl (C=O) groups is 2. The summed E-state index contributed by atoms with van der Waals surface area (Å²) < 4.78 is 0. The Morgan fingerprint density at radius 1 is 1.04 bits per heavy atom. The second-order valence-electron chi connectivity index (χ2n) is 11.3. The molecule has 0 aromatic rings. The monoisotopic (exact) mass is 372 g/mol. The van der Waals surface area contributed by atoms with Gasteiger partial charge >= 0.3 is 0 Å². The average Bonchev–Trinajstić information content (AvgIpc) is 2.97. The van der Waals surface area contributed by atoms with Crippen LogP contribution >= 0.6 is 0 Å². The summed E-state index contributed by atoms with van der Waals surface area (Å²) >= 11 is 0. The molecule has 0 spiro atoms. The van der Waals surface area contributed by atoms with Crippen molar-refractivity contribution in [2.45, 2.75) is 98.3 Å². The van der Waals surface area contributed by atoms with E-state index in [1.807, 2.05) is 0 Å². The van der Waals surface area contributed by atoms with Crippen molar-refractivity contribution in [1.29, 1.82) is 0 Å². The molecule has 2 nitrogen and oxygen atoms in total. The summed E-state index contributed by atoms with van der Waals surface area (Å²) in [6.07, 6.45) is 12.9. The fourth-order valence-electron chi connectivity index (χ4n) is 8.65. The van der Waals surface area contributed by atoms with Crippen LogP contribution in [-0.4, -0.2) is 11.6 Å². The van der Waals surface area contributed by atoms with Gasteiger partial charge < -0.3 is 4.79 Å². The van der Waals surface area contributed by atoms with Crippen LogP contribution in [0, 0.1) is 46.3 Å². The minimum atomic E-state index is 0.350. The zero-order valence-electron chi connectivity index (χ0n) is 18.1. The zero-order chi connectivity index (χ0) is 19.4. The molecule has 0 aliphatic heterocycles. The van der Waals surface area contributed by atoms with Gasteiger partial charge in [0, 0.05) is 19.3 Å². The van der Waals surface area contributed by atoms with Crippen LogP contribution < -0.4 is 0 Å². The Kier molecular flexibility index (Phi) is 5.09. The van der Waals surface area contributed by atoms with E-state index < -0.39 is 0 Å². The van der Waals surface area contributed by atoms with Crippen molar-refractivity contribution in [2.75, 3.05) is 0 Å². The Morgan fingerprint density at radius 3 is 2.52 bits per heavy atom. The van der Waals surface area contributed by atoms with Gasteiger partial charge in [-0.1, -0.05) is 20.8 Å². The van der Waals surface area contributed by atoms with E-state index in [2.05, 4.69) is 20.8 Å². The third kappa shape index (κ3) is 3.14. The lowest BCUT2D eigenvalue weighted by molar-refractivity contribution is -0.140. The van der Waals surface area contributed by atoms with Gasteiger partial charge in [-0.15, -0.1) is 0 Å². The number of carbonyl (C=O) groups excluding carboxylic acids is 2. The first-order valence-electron chi connectivity index (χ1n) is 11.8. The lowest BCUT2D eigenvalue weighted by Gasteiger charge is -2.60. The Morgan fingerprint density at radius 2 is 1.78 bits per heavy atom. The topological polar surface area (TPSA) is 34.1 Å². The van der Waals surface area contributed by atoms with E-state index in [0.717, 1.165) is 55.8 Å². The predicted molar refractivity (Wildman–Crippen MR) is 109 cm³/mol. The fourth-order valence-corrected chi connectivity index (χ4v) is 8.65. The Hall–Kier alpha value is -0.660. The van der Waals surface area contributed by atoms with Crippen molar-refractivity contribution in [3.8, 4) is 0 Å². The van der Waals surface area contributed by atoms with Gasteiger partial charge in [0.05, 0.1) is 0 Å². The van der Waals surface area contributed by atoms with E-state index in [9.17, 15) is 9.59 Å². The maximum absolute atomic E-state index is 12.1. The largest absolute Gasteiger partial charge is 0.300 e. The third-order valence-electron chi connectivity index (χ3n) is 10.2. The smallest absolute Gasteiger partial charge is 0.133 e. The number of Topliss-reactive ketones (excluding diaryl/α,β-unsaturated/α-hetero) is 2. The Balaban J connectivity index is 1.52. The van der Waals surface area contributed by atoms with Gasteiger partial charge in [-0.3, -0.25) is 4.79 Å². The number of rotatable bonds is 4. The highest BCUT2D eigenvalue weighted by Crippen LogP contribution is 2.68. The molecule has 0 aromatic heterocycles. The van der Waals surface area contributed by atoms with Crippen LogP contribution in [0.5, 0.6) is 0 Å². The normalized spacial score (nSPS) is 47.7. The summed E-state index contributed by atoms with van der Waals surface area (Å²) in [6, 6.07) is 0. The molecule has 152 valence electrons. The van der Waals surface area contributed by atoms with Gasteiger partial charge in [0.2, 0.25) is 0 Å². The van der Waals surface area contributed by atoms with Crippen molar-refractivity contribution < 1.29 is 9.59 Å². The van der Waals surface area contributed by atoms with Gasteiger partial charge in [0.1, 0.15) is 11.6 Å². The van der Waals surface area contributed by atoms with Crippen LogP contribution in [0.4, 0.5) is 0 Å². The first-order valence-corrected chi connectivity index (χ1v) is 11.8. The molecule has 4 fully saturated rings. The molecule has 4 saturated carbocycles. The first kappa shape index (κ1) is 19.6. The Labute approximate surface area is 166 Å². The van der Waals surface area contributed by atoms with Crippen LogP contribution in [0.3, 0.4) is 0 Å². The van der Waals surface area contributed by atoms with Crippen molar-refractivity contribution >= 4 is 11.6 Å². The molecule has 0 N–H and O–H groups in total. The second kappa shape index (κ2) is 6.99. The summed E-state index contributed by atoms with van der Waals surface area (Å²) in [5.41, 5.74) is 0.918. The maximum atomic E-state index is 12.1. The van der Waals surface area contributed by atoms with Gasteiger partial charge in [0.15, 0.2) is 0 Å². The molecular weight excluding hydrogens is 332 g/mol. The average molecular weight is 373 g/mol. The number of hydrogen-bond donors (Lipinski definition) is 0. The van der Waals surface area contributed by atoms with E-state index in [1.165, 1.54) is 38.5 Å². The predicted octanol–water partition coefficient (Wildman–Crippen LogP) is 6.22. The number of hydrogen-bond acceptors (Lipinski definition) is 2. The van der Waals surface area contributed by atoms with Crippen molar-refractivity contribution in [3.05, 3.63) is 0 Å². The third-order valence-corrected chi connectivity index (χ3v) is 10.2. The molecule has 0 aromatic carbocycles. The molecule has 8 atom stereocenters. The zero-order valence-corrected chi connectivity index (χ0v) is 18.1. The summed E-state index contributed by atoms with van der Waals surface area (Å²) in [4.78, 5) is 23.5. The second-order valence-corrected chi connectivity index (χ2v) is 11.3. The van der Waals surface area contributed by atoms with Gasteiger partial charge in [0.25, 0.3) is 0 Å². The van der Waals surface area contributed by atoms with Crippen LogP contribution in [-0.2, 0) is 9.59 Å². The van der Waals surface area contributed by atoms with E-state index in [-0.39, 0.29) is 0 Å². The van der Waals surface area contributed by atoms with Crippen LogP contribution in [0.15, 0.2) is 0 Å². The lowest BCUT2D eigenvalue weighted by atomic mass is 9.44. The molecule has 0 heterocycles. The molecule has 4 aliphatic carbocycles. The van der Waals surface area contributed by atoms with E-state index in [0.29, 0.717) is 34.2 Å². The van der Waals surface area contributed by atoms with Gasteiger partial charge in [-0.2, -0.15) is 0 Å². The van der Waals surface area contributed by atoms with Crippen molar-refractivity contribution in [3.63, 3.8) is 0 Å². The van der Waals surface area contributed by atoms with E-state index in [1.54, 1.807) is 6.92 Å². The van der Waals surface area contributed by atoms with Crippen molar-refractivity contribution in [2.24, 2.45) is 46.3 Å². The number of ketones is 2. The van der Waals surface area contributed by atoms with Gasteiger partial charge in [-0.05, 0) is 105 Å². The SMILES string of the molecule is CC(=O)CCC(C)C1CCC2C3CC[C@@H]4CC(=O)CC[C@]4(C)C3CCC12C. The molecular formula is C25H40O2. The molecule has 2 heteroatoms.